The first-order valence-corrected chi connectivity index (χ1v) is 10.7. The monoisotopic (exact) mass is 443 g/mol. The van der Waals surface area contributed by atoms with Crippen LogP contribution in [-0.4, -0.2) is 13.0 Å². The Morgan fingerprint density at radius 3 is 2.45 bits per heavy atom. The number of carbonyl (C=O) groups is 1. The minimum atomic E-state index is -0.718. The third kappa shape index (κ3) is 3.39. The summed E-state index contributed by atoms with van der Waals surface area (Å²) >= 11 is 0. The number of ether oxygens (including phenoxy) is 1. The molecule has 0 fully saturated rings. The van der Waals surface area contributed by atoms with E-state index in [0.29, 0.717) is 17.4 Å². The van der Waals surface area contributed by atoms with Crippen LogP contribution in [0.25, 0.3) is 11.0 Å². The smallest absolute Gasteiger partial charge is 0.295 e. The Morgan fingerprint density at radius 2 is 1.76 bits per heavy atom. The molecule has 3 aromatic carbocycles. The lowest BCUT2D eigenvalue weighted by molar-refractivity contribution is 0.0971. The molecule has 1 aliphatic heterocycles. The predicted octanol–water partition coefficient (Wildman–Crippen LogP) is 5.81. The number of anilines is 1. The largest absolute Gasteiger partial charge is 0.497 e. The van der Waals surface area contributed by atoms with E-state index in [1.807, 2.05) is 24.3 Å². The quantitative estimate of drug-likeness (QED) is 0.399. The lowest BCUT2D eigenvalue weighted by atomic mass is 9.95. The number of hydrogen-bond donors (Lipinski definition) is 0. The highest BCUT2D eigenvalue weighted by Crippen LogP contribution is 2.42. The molecule has 1 aliphatic rings. The molecule has 0 saturated heterocycles. The zero-order chi connectivity index (χ0) is 23.3. The summed E-state index contributed by atoms with van der Waals surface area (Å²) in [5, 5.41) is 0.109. The summed E-state index contributed by atoms with van der Waals surface area (Å²) in [7, 11) is 1.55. The van der Waals surface area contributed by atoms with Crippen molar-refractivity contribution in [2.45, 2.75) is 25.8 Å². The molecule has 6 heteroatoms. The number of nitrogens with zero attached hydrogens (tertiary/aromatic N) is 1. The molecule has 0 aliphatic carbocycles. The van der Waals surface area contributed by atoms with E-state index in [4.69, 9.17) is 9.15 Å². The highest BCUT2D eigenvalue weighted by Gasteiger charge is 2.43. The molecule has 166 valence electrons. The van der Waals surface area contributed by atoms with Crippen molar-refractivity contribution < 1.29 is 18.3 Å². The van der Waals surface area contributed by atoms with Crippen LogP contribution in [0.2, 0.25) is 0 Å². The van der Waals surface area contributed by atoms with Crippen molar-refractivity contribution in [3.8, 4) is 5.75 Å². The van der Waals surface area contributed by atoms with Gasteiger partial charge in [0.25, 0.3) is 5.91 Å². The SMILES string of the molecule is COc1cccc(N2C(=O)c3oc4ccc(F)cc4c(=O)c3C2c2ccc(C(C)C)cc2)c1. The van der Waals surface area contributed by atoms with Crippen molar-refractivity contribution in [2.24, 2.45) is 0 Å². The van der Waals surface area contributed by atoms with E-state index in [1.165, 1.54) is 17.0 Å². The molecule has 0 N–H and O–H groups in total. The second-order valence-electron chi connectivity index (χ2n) is 8.42. The second-order valence-corrected chi connectivity index (χ2v) is 8.42. The van der Waals surface area contributed by atoms with Crippen molar-refractivity contribution in [1.29, 1.82) is 0 Å². The Bertz CT molecular complexity index is 1440. The number of methoxy groups -OCH3 is 1. The summed E-state index contributed by atoms with van der Waals surface area (Å²) in [6.45, 7) is 4.20. The van der Waals surface area contributed by atoms with E-state index in [2.05, 4.69) is 13.8 Å². The number of halogens is 1. The van der Waals surface area contributed by atoms with Crippen molar-refractivity contribution >= 4 is 22.6 Å². The van der Waals surface area contributed by atoms with Crippen LogP contribution < -0.4 is 15.1 Å². The van der Waals surface area contributed by atoms with E-state index in [0.717, 1.165) is 17.2 Å². The molecule has 5 rings (SSSR count). The first-order chi connectivity index (χ1) is 15.9. The highest BCUT2D eigenvalue weighted by atomic mass is 19.1. The molecule has 2 heterocycles. The minimum Gasteiger partial charge on any atom is -0.497 e. The van der Waals surface area contributed by atoms with Gasteiger partial charge >= 0.3 is 0 Å². The van der Waals surface area contributed by atoms with E-state index in [-0.39, 0.29) is 22.3 Å². The summed E-state index contributed by atoms with van der Waals surface area (Å²) in [6, 6.07) is 17.9. The maximum Gasteiger partial charge on any atom is 0.295 e. The zero-order valence-electron chi connectivity index (χ0n) is 18.5. The Morgan fingerprint density at radius 1 is 1.00 bits per heavy atom. The Labute approximate surface area is 190 Å². The lowest BCUT2D eigenvalue weighted by Gasteiger charge is -2.26. The third-order valence-corrected chi connectivity index (χ3v) is 6.08. The van der Waals surface area contributed by atoms with Gasteiger partial charge in [-0.3, -0.25) is 14.5 Å². The fourth-order valence-electron chi connectivity index (χ4n) is 4.35. The van der Waals surface area contributed by atoms with Crippen molar-refractivity contribution in [1.82, 2.24) is 0 Å². The second kappa shape index (κ2) is 7.89. The van der Waals surface area contributed by atoms with Crippen LogP contribution in [0.4, 0.5) is 10.1 Å². The van der Waals surface area contributed by atoms with Crippen molar-refractivity contribution in [3.05, 3.63) is 105 Å². The number of amides is 1. The molecule has 1 atom stereocenters. The fourth-order valence-corrected chi connectivity index (χ4v) is 4.35. The zero-order valence-corrected chi connectivity index (χ0v) is 18.5. The molecular formula is C27H22FNO4. The number of hydrogen-bond acceptors (Lipinski definition) is 4. The average molecular weight is 443 g/mol. The van der Waals surface area contributed by atoms with Crippen LogP contribution in [0.1, 0.15) is 53.1 Å². The summed E-state index contributed by atoms with van der Waals surface area (Å²) in [6.07, 6.45) is 0. The predicted molar refractivity (Wildman–Crippen MR) is 125 cm³/mol. The Kier molecular flexibility index (Phi) is 5.01. The van der Waals surface area contributed by atoms with Gasteiger partial charge in [0.05, 0.1) is 24.1 Å². The Balaban J connectivity index is 1.78. The van der Waals surface area contributed by atoms with Crippen LogP contribution >= 0.6 is 0 Å². The van der Waals surface area contributed by atoms with Gasteiger partial charge in [0.15, 0.2) is 5.43 Å². The van der Waals surface area contributed by atoms with Gasteiger partial charge < -0.3 is 9.15 Å². The molecular weight excluding hydrogens is 421 g/mol. The molecule has 0 spiro atoms. The van der Waals surface area contributed by atoms with E-state index in [1.54, 1.807) is 31.4 Å². The van der Waals surface area contributed by atoms with Crippen molar-refractivity contribution in [2.75, 3.05) is 12.0 Å². The highest BCUT2D eigenvalue weighted by molar-refractivity contribution is 6.10. The van der Waals surface area contributed by atoms with Gasteiger partial charge in [0.1, 0.15) is 17.1 Å². The Hall–Kier alpha value is -3.93. The molecule has 33 heavy (non-hydrogen) atoms. The number of carbonyl (C=O) groups excluding carboxylic acids is 1. The first kappa shape index (κ1) is 20.9. The molecule has 1 amide bonds. The fraction of sp³-hybridized carbons (Fsp3) is 0.185. The van der Waals surface area contributed by atoms with E-state index < -0.39 is 23.2 Å². The number of fused-ring (bicyclic) bond motifs is 2. The van der Waals surface area contributed by atoms with Crippen molar-refractivity contribution in [3.63, 3.8) is 0 Å². The van der Waals surface area contributed by atoms with Gasteiger partial charge in [-0.15, -0.1) is 0 Å². The lowest BCUT2D eigenvalue weighted by Crippen LogP contribution is -2.29. The maximum atomic E-state index is 13.9. The normalized spacial score (nSPS) is 15.4. The van der Waals surface area contributed by atoms with Crippen LogP contribution in [-0.2, 0) is 0 Å². The van der Waals surface area contributed by atoms with Crippen LogP contribution in [0.3, 0.4) is 0 Å². The number of benzene rings is 3. The average Bonchev–Trinajstić information content (AvgIpc) is 3.12. The van der Waals surface area contributed by atoms with E-state index >= 15 is 0 Å². The minimum absolute atomic E-state index is 0.0279. The standard InChI is InChI=1S/C27H22FNO4/c1-15(2)16-7-9-17(10-8-16)24-23-25(30)21-13-18(28)11-12-22(21)33-26(23)27(31)29(24)19-5-4-6-20(14-19)32-3/h4-15,24H,1-3H3. The van der Waals surface area contributed by atoms with Gasteiger partial charge in [0.2, 0.25) is 5.76 Å². The molecule has 0 saturated carbocycles. The summed E-state index contributed by atoms with van der Waals surface area (Å²) < 4.78 is 25.2. The summed E-state index contributed by atoms with van der Waals surface area (Å²) in [5.74, 6) is -0.0827. The molecule has 5 nitrogen and oxygen atoms in total. The van der Waals surface area contributed by atoms with Crippen LogP contribution in [0, 0.1) is 5.82 Å². The van der Waals surface area contributed by atoms with E-state index in [9.17, 15) is 14.0 Å². The van der Waals surface area contributed by atoms with Gasteiger partial charge in [-0.05, 0) is 47.4 Å². The van der Waals surface area contributed by atoms with Gasteiger partial charge in [-0.25, -0.2) is 4.39 Å². The van der Waals surface area contributed by atoms with Gasteiger partial charge in [-0.1, -0.05) is 44.2 Å². The third-order valence-electron chi connectivity index (χ3n) is 6.08. The van der Waals surface area contributed by atoms with Gasteiger partial charge in [-0.2, -0.15) is 0 Å². The van der Waals surface area contributed by atoms with Crippen LogP contribution in [0.15, 0.2) is 75.9 Å². The number of rotatable bonds is 4. The topological polar surface area (TPSA) is 59.8 Å². The summed E-state index contributed by atoms with van der Waals surface area (Å²) in [4.78, 5) is 28.7. The first-order valence-electron chi connectivity index (χ1n) is 10.7. The maximum absolute atomic E-state index is 13.9. The summed E-state index contributed by atoms with van der Waals surface area (Å²) in [5.41, 5.74) is 2.44. The van der Waals surface area contributed by atoms with Crippen LogP contribution in [0.5, 0.6) is 5.75 Å². The molecule has 0 radical (unpaired) electrons. The molecule has 1 aromatic heterocycles. The molecule has 4 aromatic rings. The molecule has 0 bridgehead atoms. The molecule has 1 unspecified atom stereocenters. The van der Waals surface area contributed by atoms with Gasteiger partial charge in [0, 0.05) is 11.8 Å².